The van der Waals surface area contributed by atoms with Crippen LogP contribution < -0.4 is 0 Å². The van der Waals surface area contributed by atoms with Gasteiger partial charge in [0.2, 0.25) is 5.91 Å². The third kappa shape index (κ3) is 9.71. The first-order chi connectivity index (χ1) is 15.3. The highest BCUT2D eigenvalue weighted by atomic mass is 32.2. The van der Waals surface area contributed by atoms with Crippen LogP contribution in [-0.4, -0.2) is 48.1 Å². The van der Waals surface area contributed by atoms with Gasteiger partial charge in [0.1, 0.15) is 0 Å². The Hall–Kier alpha value is -1.43. The van der Waals surface area contributed by atoms with Crippen molar-refractivity contribution in [3.63, 3.8) is 0 Å². The number of unbranched alkanes of at least 4 members (excludes halogenated alkanes) is 1. The van der Waals surface area contributed by atoms with Crippen LogP contribution in [0, 0.1) is 0 Å². The number of hydrogen-bond acceptors (Lipinski definition) is 4. The van der Waals surface area contributed by atoms with Crippen LogP contribution in [0.1, 0.15) is 43.2 Å². The van der Waals surface area contributed by atoms with Gasteiger partial charge in [0.05, 0.1) is 13.2 Å². The fourth-order valence-electron chi connectivity index (χ4n) is 3.70. The van der Waals surface area contributed by atoms with Crippen LogP contribution in [0.15, 0.2) is 60.7 Å². The molecule has 3 nitrogen and oxygen atoms in total. The number of morpholine rings is 1. The van der Waals surface area contributed by atoms with E-state index in [1.165, 1.54) is 29.7 Å². The van der Waals surface area contributed by atoms with Crippen LogP contribution in [0.4, 0.5) is 0 Å². The standard InChI is InChI=1S/C26H35NO2S2/c28-26(27-16-18-29-19-17-27)14-8-7-13-25(31-22-24-11-5-2-6-12-24)15-20-30-21-23-9-3-1-4-10-23/h1-6,9-12,25H,7-8,13-22H2/t25-/m1/s1. The SMILES string of the molecule is O=C(CCCC[C@H](CCSCc1ccccc1)SCc1ccccc1)N1CCOCC1. The van der Waals surface area contributed by atoms with Crippen molar-refractivity contribution in [1.29, 1.82) is 0 Å². The number of thioether (sulfide) groups is 2. The maximum Gasteiger partial charge on any atom is 0.222 e. The lowest BCUT2D eigenvalue weighted by Crippen LogP contribution is -2.40. The van der Waals surface area contributed by atoms with Gasteiger partial charge in [-0.05, 0) is 36.1 Å². The Morgan fingerprint density at radius 2 is 1.52 bits per heavy atom. The Kier molecular flexibility index (Phi) is 11.4. The third-order valence-electron chi connectivity index (χ3n) is 5.55. The molecule has 1 amide bonds. The average molecular weight is 458 g/mol. The number of benzene rings is 2. The fraction of sp³-hybridized carbons (Fsp3) is 0.500. The lowest BCUT2D eigenvalue weighted by Gasteiger charge is -2.27. The molecule has 5 heteroatoms. The average Bonchev–Trinajstić information content (AvgIpc) is 2.84. The van der Waals surface area contributed by atoms with Gasteiger partial charge in [-0.25, -0.2) is 0 Å². The predicted molar refractivity (Wildman–Crippen MR) is 135 cm³/mol. The van der Waals surface area contributed by atoms with E-state index in [1.807, 2.05) is 16.7 Å². The van der Waals surface area contributed by atoms with Gasteiger partial charge in [0.15, 0.2) is 0 Å². The number of hydrogen-bond donors (Lipinski definition) is 0. The van der Waals surface area contributed by atoms with Gasteiger partial charge in [-0.2, -0.15) is 23.5 Å². The molecule has 0 aromatic heterocycles. The van der Waals surface area contributed by atoms with Crippen LogP contribution >= 0.6 is 23.5 Å². The Labute approximate surface area is 196 Å². The zero-order valence-corrected chi connectivity index (χ0v) is 20.0. The number of ether oxygens (including phenoxy) is 1. The molecular weight excluding hydrogens is 422 g/mol. The van der Waals surface area contributed by atoms with E-state index < -0.39 is 0 Å². The summed E-state index contributed by atoms with van der Waals surface area (Å²) in [6.07, 6.45) is 5.23. The van der Waals surface area contributed by atoms with Crippen molar-refractivity contribution in [2.45, 2.75) is 48.9 Å². The monoisotopic (exact) mass is 457 g/mol. The van der Waals surface area contributed by atoms with E-state index in [0.717, 1.165) is 37.4 Å². The van der Waals surface area contributed by atoms with Crippen molar-refractivity contribution in [3.05, 3.63) is 71.8 Å². The first kappa shape index (κ1) is 24.2. The Balaban J connectivity index is 1.38. The molecule has 0 radical (unpaired) electrons. The van der Waals surface area contributed by atoms with Gasteiger partial charge in [-0.3, -0.25) is 4.79 Å². The van der Waals surface area contributed by atoms with Gasteiger partial charge in [0.25, 0.3) is 0 Å². The molecule has 2 aromatic carbocycles. The largest absolute Gasteiger partial charge is 0.378 e. The van der Waals surface area contributed by atoms with E-state index in [1.54, 1.807) is 0 Å². The van der Waals surface area contributed by atoms with Crippen LogP contribution in [0.25, 0.3) is 0 Å². The summed E-state index contributed by atoms with van der Waals surface area (Å²) in [5.41, 5.74) is 2.81. The lowest BCUT2D eigenvalue weighted by molar-refractivity contribution is -0.135. The Bertz CT molecular complexity index is 736. The molecule has 0 N–H and O–H groups in total. The number of nitrogens with zero attached hydrogens (tertiary/aromatic N) is 1. The molecule has 0 aliphatic carbocycles. The Morgan fingerprint density at radius 1 is 0.871 bits per heavy atom. The maximum atomic E-state index is 12.4. The zero-order chi connectivity index (χ0) is 21.6. The summed E-state index contributed by atoms with van der Waals surface area (Å²) >= 11 is 4.12. The van der Waals surface area contributed by atoms with Crippen LogP contribution in [0.3, 0.4) is 0 Å². The lowest BCUT2D eigenvalue weighted by atomic mass is 10.1. The topological polar surface area (TPSA) is 29.5 Å². The third-order valence-corrected chi connectivity index (χ3v) is 8.06. The predicted octanol–water partition coefficient (Wildman–Crippen LogP) is 6.03. The van der Waals surface area contributed by atoms with E-state index in [0.29, 0.717) is 30.8 Å². The molecule has 1 aliphatic heterocycles. The van der Waals surface area contributed by atoms with Gasteiger partial charge < -0.3 is 9.64 Å². The molecule has 0 saturated carbocycles. The smallest absolute Gasteiger partial charge is 0.222 e. The molecule has 0 bridgehead atoms. The second-order valence-corrected chi connectivity index (χ2v) is 10.4. The maximum absolute atomic E-state index is 12.4. The molecule has 0 unspecified atom stereocenters. The van der Waals surface area contributed by atoms with Gasteiger partial charge in [-0.15, -0.1) is 0 Å². The van der Waals surface area contributed by atoms with Crippen molar-refractivity contribution in [2.75, 3.05) is 32.1 Å². The van der Waals surface area contributed by atoms with Crippen LogP contribution in [-0.2, 0) is 21.0 Å². The number of rotatable bonds is 13. The minimum atomic E-state index is 0.301. The summed E-state index contributed by atoms with van der Waals surface area (Å²) < 4.78 is 5.35. The number of carbonyl (C=O) groups excluding carboxylic acids is 1. The second-order valence-electron chi connectivity index (χ2n) is 7.98. The quantitative estimate of drug-likeness (QED) is 0.343. The van der Waals surface area contributed by atoms with E-state index in [-0.39, 0.29) is 0 Å². The van der Waals surface area contributed by atoms with Gasteiger partial charge in [-0.1, -0.05) is 67.1 Å². The number of carbonyl (C=O) groups is 1. The summed E-state index contributed by atoms with van der Waals surface area (Å²) in [6, 6.07) is 21.5. The molecule has 1 atom stereocenters. The van der Waals surface area contributed by atoms with Crippen LogP contribution in [0.2, 0.25) is 0 Å². The molecule has 0 spiro atoms. The minimum Gasteiger partial charge on any atom is -0.378 e. The zero-order valence-electron chi connectivity index (χ0n) is 18.4. The second kappa shape index (κ2) is 14.6. The molecule has 168 valence electrons. The molecule has 1 fully saturated rings. The molecule has 1 aliphatic rings. The van der Waals surface area contributed by atoms with Crippen molar-refractivity contribution >= 4 is 29.4 Å². The minimum absolute atomic E-state index is 0.301. The van der Waals surface area contributed by atoms with E-state index in [2.05, 4.69) is 72.4 Å². The highest BCUT2D eigenvalue weighted by Crippen LogP contribution is 2.27. The molecule has 2 aromatic rings. The molecule has 1 saturated heterocycles. The van der Waals surface area contributed by atoms with Crippen molar-refractivity contribution in [2.24, 2.45) is 0 Å². The summed E-state index contributed by atoms with van der Waals surface area (Å²) in [6.45, 7) is 2.88. The van der Waals surface area contributed by atoms with Gasteiger partial charge in [0, 0.05) is 36.3 Å². The Morgan fingerprint density at radius 3 is 2.19 bits per heavy atom. The van der Waals surface area contributed by atoms with E-state index >= 15 is 0 Å². The van der Waals surface area contributed by atoms with E-state index in [9.17, 15) is 4.79 Å². The molecule has 31 heavy (non-hydrogen) atoms. The highest BCUT2D eigenvalue weighted by Gasteiger charge is 2.16. The number of amides is 1. The first-order valence-corrected chi connectivity index (χ1v) is 13.6. The summed E-state index contributed by atoms with van der Waals surface area (Å²) in [4.78, 5) is 14.3. The first-order valence-electron chi connectivity index (χ1n) is 11.4. The van der Waals surface area contributed by atoms with Crippen LogP contribution in [0.5, 0.6) is 0 Å². The molecular formula is C26H35NO2S2. The van der Waals surface area contributed by atoms with E-state index in [4.69, 9.17) is 4.74 Å². The summed E-state index contributed by atoms with van der Waals surface area (Å²) in [5, 5.41) is 0.655. The normalized spacial score (nSPS) is 15.0. The highest BCUT2D eigenvalue weighted by molar-refractivity contribution is 7.99. The van der Waals surface area contributed by atoms with Crippen molar-refractivity contribution in [3.8, 4) is 0 Å². The van der Waals surface area contributed by atoms with Crippen molar-refractivity contribution < 1.29 is 9.53 Å². The van der Waals surface area contributed by atoms with Crippen molar-refractivity contribution in [1.82, 2.24) is 4.90 Å². The van der Waals surface area contributed by atoms with Gasteiger partial charge >= 0.3 is 0 Å². The summed E-state index contributed by atoms with van der Waals surface area (Å²) in [5.74, 6) is 3.65. The molecule has 3 rings (SSSR count). The fourth-order valence-corrected chi connectivity index (χ4v) is 6.11. The molecule has 1 heterocycles. The summed E-state index contributed by atoms with van der Waals surface area (Å²) in [7, 11) is 0.